The SMILES string of the molecule is CCCn1ncc2c(Cl)ncnc21. The summed E-state index contributed by atoms with van der Waals surface area (Å²) in [6.07, 6.45) is 4.18. The molecule has 0 atom stereocenters. The van der Waals surface area contributed by atoms with Crippen molar-refractivity contribution in [1.29, 1.82) is 0 Å². The van der Waals surface area contributed by atoms with Crippen molar-refractivity contribution in [2.75, 3.05) is 0 Å². The molecule has 0 amide bonds. The highest BCUT2D eigenvalue weighted by molar-refractivity contribution is 6.33. The summed E-state index contributed by atoms with van der Waals surface area (Å²) >= 11 is 5.87. The standard InChI is InChI=1S/C8H9ClN4/c1-2-3-13-8-6(4-12-13)7(9)10-5-11-8/h4-5H,2-3H2,1H3. The van der Waals surface area contributed by atoms with E-state index in [0.29, 0.717) is 5.15 Å². The maximum atomic E-state index is 5.87. The first-order valence-electron chi connectivity index (χ1n) is 4.15. The maximum Gasteiger partial charge on any atom is 0.162 e. The van der Waals surface area contributed by atoms with E-state index in [1.807, 2.05) is 4.68 Å². The van der Waals surface area contributed by atoms with Gasteiger partial charge in [0.15, 0.2) is 5.65 Å². The second-order valence-electron chi connectivity index (χ2n) is 2.77. The zero-order chi connectivity index (χ0) is 9.26. The summed E-state index contributed by atoms with van der Waals surface area (Å²) in [7, 11) is 0. The third kappa shape index (κ3) is 1.37. The Morgan fingerprint density at radius 3 is 3.08 bits per heavy atom. The van der Waals surface area contributed by atoms with Gasteiger partial charge in [-0.3, -0.25) is 0 Å². The summed E-state index contributed by atoms with van der Waals surface area (Å²) < 4.78 is 1.84. The Labute approximate surface area is 80.6 Å². The van der Waals surface area contributed by atoms with Gasteiger partial charge in [-0.05, 0) is 6.42 Å². The van der Waals surface area contributed by atoms with Gasteiger partial charge in [-0.1, -0.05) is 18.5 Å². The molecule has 0 aliphatic carbocycles. The molecule has 2 aromatic heterocycles. The van der Waals surface area contributed by atoms with Crippen molar-refractivity contribution >= 4 is 22.6 Å². The van der Waals surface area contributed by atoms with Crippen LogP contribution in [0, 0.1) is 0 Å². The van der Waals surface area contributed by atoms with E-state index in [2.05, 4.69) is 22.0 Å². The number of aryl methyl sites for hydroxylation is 1. The van der Waals surface area contributed by atoms with Crippen molar-refractivity contribution < 1.29 is 0 Å². The minimum absolute atomic E-state index is 0.465. The number of nitrogens with zero attached hydrogens (tertiary/aromatic N) is 4. The highest BCUT2D eigenvalue weighted by atomic mass is 35.5. The Bertz CT molecular complexity index is 423. The van der Waals surface area contributed by atoms with Crippen LogP contribution in [0.1, 0.15) is 13.3 Å². The molecule has 0 saturated heterocycles. The summed E-state index contributed by atoms with van der Waals surface area (Å²) in [6.45, 7) is 2.95. The molecule has 0 fully saturated rings. The molecule has 0 saturated carbocycles. The number of hydrogen-bond acceptors (Lipinski definition) is 3. The van der Waals surface area contributed by atoms with E-state index < -0.39 is 0 Å². The summed E-state index contributed by atoms with van der Waals surface area (Å²) in [4.78, 5) is 8.01. The van der Waals surface area contributed by atoms with Crippen molar-refractivity contribution in [3.05, 3.63) is 17.7 Å². The average Bonchev–Trinajstić information content (AvgIpc) is 2.51. The molecule has 13 heavy (non-hydrogen) atoms. The van der Waals surface area contributed by atoms with Gasteiger partial charge in [-0.15, -0.1) is 0 Å². The minimum atomic E-state index is 0.465. The molecule has 0 unspecified atom stereocenters. The van der Waals surface area contributed by atoms with E-state index in [0.717, 1.165) is 24.0 Å². The first-order valence-corrected chi connectivity index (χ1v) is 4.52. The molecule has 0 radical (unpaired) electrons. The van der Waals surface area contributed by atoms with Crippen LogP contribution in [-0.2, 0) is 6.54 Å². The van der Waals surface area contributed by atoms with Crippen molar-refractivity contribution in [3.8, 4) is 0 Å². The molecule has 2 aromatic rings. The van der Waals surface area contributed by atoms with Gasteiger partial charge in [0.05, 0.1) is 11.6 Å². The number of rotatable bonds is 2. The molecule has 0 N–H and O–H groups in total. The lowest BCUT2D eigenvalue weighted by atomic mass is 10.4. The van der Waals surface area contributed by atoms with Gasteiger partial charge in [0, 0.05) is 6.54 Å². The second kappa shape index (κ2) is 3.30. The second-order valence-corrected chi connectivity index (χ2v) is 3.13. The first-order chi connectivity index (χ1) is 6.33. The van der Waals surface area contributed by atoms with E-state index in [1.165, 1.54) is 6.33 Å². The zero-order valence-electron chi connectivity index (χ0n) is 7.24. The minimum Gasteiger partial charge on any atom is -0.247 e. The van der Waals surface area contributed by atoms with Gasteiger partial charge in [0.1, 0.15) is 11.5 Å². The van der Waals surface area contributed by atoms with E-state index in [4.69, 9.17) is 11.6 Å². The molecular weight excluding hydrogens is 188 g/mol. The number of halogens is 1. The quantitative estimate of drug-likeness (QED) is 0.689. The van der Waals surface area contributed by atoms with Gasteiger partial charge in [0.25, 0.3) is 0 Å². The Morgan fingerprint density at radius 2 is 2.31 bits per heavy atom. The van der Waals surface area contributed by atoms with Gasteiger partial charge in [-0.2, -0.15) is 5.10 Å². The van der Waals surface area contributed by atoms with Crippen LogP contribution in [0.2, 0.25) is 5.15 Å². The topological polar surface area (TPSA) is 43.6 Å². The van der Waals surface area contributed by atoms with Crippen LogP contribution < -0.4 is 0 Å². The molecule has 0 aromatic carbocycles. The fourth-order valence-electron chi connectivity index (χ4n) is 1.24. The number of fused-ring (bicyclic) bond motifs is 1. The molecule has 0 spiro atoms. The fraction of sp³-hybridized carbons (Fsp3) is 0.375. The maximum absolute atomic E-state index is 5.87. The number of aromatic nitrogens is 4. The van der Waals surface area contributed by atoms with E-state index in [9.17, 15) is 0 Å². The van der Waals surface area contributed by atoms with E-state index in [1.54, 1.807) is 6.20 Å². The van der Waals surface area contributed by atoms with Gasteiger partial charge in [0.2, 0.25) is 0 Å². The van der Waals surface area contributed by atoms with Crippen molar-refractivity contribution in [1.82, 2.24) is 19.7 Å². The van der Waals surface area contributed by atoms with E-state index in [-0.39, 0.29) is 0 Å². The smallest absolute Gasteiger partial charge is 0.162 e. The fourth-order valence-corrected chi connectivity index (χ4v) is 1.42. The normalized spacial score (nSPS) is 10.9. The van der Waals surface area contributed by atoms with Crippen LogP contribution in [0.4, 0.5) is 0 Å². The average molecular weight is 197 g/mol. The molecule has 68 valence electrons. The van der Waals surface area contributed by atoms with Gasteiger partial charge < -0.3 is 0 Å². The van der Waals surface area contributed by atoms with Crippen LogP contribution >= 0.6 is 11.6 Å². The largest absolute Gasteiger partial charge is 0.247 e. The van der Waals surface area contributed by atoms with E-state index >= 15 is 0 Å². The van der Waals surface area contributed by atoms with Crippen LogP contribution in [-0.4, -0.2) is 19.7 Å². The lowest BCUT2D eigenvalue weighted by Gasteiger charge is -1.98. The number of hydrogen-bond donors (Lipinski definition) is 0. The highest BCUT2D eigenvalue weighted by Crippen LogP contribution is 2.17. The Hall–Kier alpha value is -1.16. The lowest BCUT2D eigenvalue weighted by Crippen LogP contribution is -1.99. The van der Waals surface area contributed by atoms with Crippen LogP contribution in [0.25, 0.3) is 11.0 Å². The molecular formula is C8H9ClN4. The summed E-state index contributed by atoms with van der Waals surface area (Å²) in [6, 6.07) is 0. The molecule has 0 aliphatic heterocycles. The zero-order valence-corrected chi connectivity index (χ0v) is 7.99. The third-order valence-corrected chi connectivity index (χ3v) is 2.12. The van der Waals surface area contributed by atoms with Gasteiger partial charge in [-0.25, -0.2) is 14.6 Å². The van der Waals surface area contributed by atoms with Crippen molar-refractivity contribution in [3.63, 3.8) is 0 Å². The molecule has 0 aliphatic rings. The Kier molecular flexibility index (Phi) is 2.14. The summed E-state index contributed by atoms with van der Waals surface area (Å²) in [5.74, 6) is 0. The monoisotopic (exact) mass is 196 g/mol. The van der Waals surface area contributed by atoms with Crippen LogP contribution in [0.5, 0.6) is 0 Å². The van der Waals surface area contributed by atoms with Crippen LogP contribution in [0.3, 0.4) is 0 Å². The summed E-state index contributed by atoms with van der Waals surface area (Å²) in [5.41, 5.74) is 0.807. The molecule has 5 heteroatoms. The van der Waals surface area contributed by atoms with Crippen molar-refractivity contribution in [2.24, 2.45) is 0 Å². The third-order valence-electron chi connectivity index (χ3n) is 1.82. The molecule has 2 rings (SSSR count). The molecule has 0 bridgehead atoms. The predicted molar refractivity (Wildman–Crippen MR) is 50.6 cm³/mol. The highest BCUT2D eigenvalue weighted by Gasteiger charge is 2.06. The molecule has 2 heterocycles. The van der Waals surface area contributed by atoms with Crippen LogP contribution in [0.15, 0.2) is 12.5 Å². The summed E-state index contributed by atoms with van der Waals surface area (Å²) in [5, 5.41) is 5.46. The van der Waals surface area contributed by atoms with Crippen molar-refractivity contribution in [2.45, 2.75) is 19.9 Å². The Balaban J connectivity index is 2.61. The first kappa shape index (κ1) is 8.44. The van der Waals surface area contributed by atoms with Gasteiger partial charge >= 0.3 is 0 Å². The Morgan fingerprint density at radius 1 is 1.46 bits per heavy atom. The molecule has 4 nitrogen and oxygen atoms in total. The predicted octanol–water partition coefficient (Wildman–Crippen LogP) is 1.89. The lowest BCUT2D eigenvalue weighted by molar-refractivity contribution is 0.617.